The van der Waals surface area contributed by atoms with Crippen molar-refractivity contribution in [2.75, 3.05) is 5.32 Å². The molecule has 0 aliphatic rings. The molecule has 1 aromatic heterocycles. The minimum atomic E-state index is -0.142. The fourth-order valence-electron chi connectivity index (χ4n) is 4.16. The minimum Gasteiger partial charge on any atom is -0.355 e. The van der Waals surface area contributed by atoms with E-state index in [9.17, 15) is 9.59 Å². The third-order valence-corrected chi connectivity index (χ3v) is 6.70. The number of fused-ring (bicyclic) bond motifs is 5. The first kappa shape index (κ1) is 17.9. The number of aromatic amines is 1. The number of hydrogen-bond acceptors (Lipinski definition) is 4. The first-order chi connectivity index (χ1) is 15.2. The van der Waals surface area contributed by atoms with Crippen molar-refractivity contribution in [3.63, 3.8) is 0 Å². The summed E-state index contributed by atoms with van der Waals surface area (Å²) in [5.41, 5.74) is 2.86. The van der Waals surface area contributed by atoms with E-state index in [2.05, 4.69) is 10.3 Å². The van der Waals surface area contributed by atoms with Crippen molar-refractivity contribution in [2.45, 2.75) is 0 Å². The summed E-state index contributed by atoms with van der Waals surface area (Å²) in [7, 11) is 0. The Kier molecular flexibility index (Phi) is 3.91. The molecule has 0 spiro atoms. The highest BCUT2D eigenvalue weighted by Crippen LogP contribution is 2.35. The molecule has 148 valence electrons. The molecule has 0 aliphatic heterocycles. The van der Waals surface area contributed by atoms with Crippen LogP contribution in [0.1, 0.15) is 0 Å². The van der Waals surface area contributed by atoms with Crippen LogP contribution < -0.4 is 16.2 Å². The van der Waals surface area contributed by atoms with Gasteiger partial charge in [0.05, 0.1) is 36.9 Å². The van der Waals surface area contributed by atoms with E-state index in [1.165, 1.54) is 0 Å². The summed E-state index contributed by atoms with van der Waals surface area (Å²) in [6, 6.07) is 26.7. The van der Waals surface area contributed by atoms with E-state index in [1.807, 2.05) is 60.7 Å². The van der Waals surface area contributed by atoms with E-state index in [4.69, 9.17) is 0 Å². The molecule has 2 N–H and O–H groups in total. The molecular weight excluding hydrogens is 404 g/mol. The Balaban J connectivity index is 1.84. The lowest BCUT2D eigenvalue weighted by Crippen LogP contribution is -2.15. The molecule has 0 amide bonds. The van der Waals surface area contributed by atoms with Crippen molar-refractivity contribution in [2.24, 2.45) is 0 Å². The van der Waals surface area contributed by atoms with Crippen LogP contribution >= 0.6 is 11.3 Å². The lowest BCUT2D eigenvalue weighted by molar-refractivity contribution is 1.52. The molecule has 0 bridgehead atoms. The van der Waals surface area contributed by atoms with Crippen LogP contribution in [0.3, 0.4) is 0 Å². The van der Waals surface area contributed by atoms with Crippen LogP contribution in [-0.2, 0) is 0 Å². The summed E-state index contributed by atoms with van der Waals surface area (Å²) >= 11 is 1.60. The SMILES string of the molecule is O=c1c2ccccc2c(=O)c2c1c(Nc1ccccc1)cc1sc3ccccc3[nH]c12. The van der Waals surface area contributed by atoms with Crippen LogP contribution in [0.15, 0.2) is 94.5 Å². The van der Waals surface area contributed by atoms with Gasteiger partial charge in [-0.25, -0.2) is 0 Å². The molecule has 6 aromatic rings. The Hall–Kier alpha value is -3.96. The van der Waals surface area contributed by atoms with E-state index in [1.54, 1.807) is 35.6 Å². The van der Waals surface area contributed by atoms with Gasteiger partial charge in [-0.2, -0.15) is 0 Å². The van der Waals surface area contributed by atoms with E-state index in [-0.39, 0.29) is 10.9 Å². The van der Waals surface area contributed by atoms with Gasteiger partial charge in [-0.1, -0.05) is 54.6 Å². The zero-order chi connectivity index (χ0) is 20.9. The quantitative estimate of drug-likeness (QED) is 0.261. The summed E-state index contributed by atoms with van der Waals surface area (Å²) in [5.74, 6) is 0. The highest BCUT2D eigenvalue weighted by atomic mass is 32.1. The van der Waals surface area contributed by atoms with Gasteiger partial charge in [-0.15, -0.1) is 11.3 Å². The summed E-state index contributed by atoms with van der Waals surface area (Å²) in [4.78, 5) is 30.6. The Morgan fingerprint density at radius 1 is 0.677 bits per heavy atom. The van der Waals surface area contributed by atoms with Gasteiger partial charge in [0.15, 0.2) is 10.9 Å². The van der Waals surface area contributed by atoms with E-state index < -0.39 is 0 Å². The first-order valence-corrected chi connectivity index (χ1v) is 10.8. The lowest BCUT2D eigenvalue weighted by atomic mass is 10.00. The molecule has 0 aliphatic carbocycles. The number of aromatic nitrogens is 1. The van der Waals surface area contributed by atoms with E-state index >= 15 is 0 Å². The number of hydrogen-bond donors (Lipinski definition) is 2. The first-order valence-electron chi connectivity index (χ1n) is 9.96. The average molecular weight is 420 g/mol. The number of H-pyrrole nitrogens is 1. The van der Waals surface area contributed by atoms with Crippen LogP contribution in [-0.4, -0.2) is 4.98 Å². The van der Waals surface area contributed by atoms with Crippen molar-refractivity contribution in [1.82, 2.24) is 4.98 Å². The molecule has 0 atom stereocenters. The smallest absolute Gasteiger partial charge is 0.196 e. The number of benzene rings is 5. The van der Waals surface area contributed by atoms with E-state index in [0.29, 0.717) is 32.7 Å². The van der Waals surface area contributed by atoms with Gasteiger partial charge < -0.3 is 10.3 Å². The van der Waals surface area contributed by atoms with Gasteiger partial charge in [-0.05, 0) is 30.3 Å². The Labute approximate surface area is 180 Å². The summed E-state index contributed by atoms with van der Waals surface area (Å²) in [6.07, 6.45) is 0. The van der Waals surface area contributed by atoms with Crippen LogP contribution in [0.5, 0.6) is 0 Å². The minimum absolute atomic E-state index is 0.134. The van der Waals surface area contributed by atoms with Gasteiger partial charge in [0.1, 0.15) is 0 Å². The molecule has 0 fully saturated rings. The third kappa shape index (κ3) is 2.75. The molecule has 0 saturated heterocycles. The monoisotopic (exact) mass is 420 g/mol. The number of anilines is 2. The zero-order valence-electron chi connectivity index (χ0n) is 16.3. The topological polar surface area (TPSA) is 62.0 Å². The Morgan fingerprint density at radius 2 is 1.32 bits per heavy atom. The van der Waals surface area contributed by atoms with Crippen molar-refractivity contribution >= 4 is 64.7 Å². The molecule has 31 heavy (non-hydrogen) atoms. The molecule has 5 heteroatoms. The lowest BCUT2D eigenvalue weighted by Gasteiger charge is -2.13. The summed E-state index contributed by atoms with van der Waals surface area (Å²) in [5, 5.41) is 5.11. The standard InChI is InChI=1S/C26H16N2O2S/c29-25-16-10-4-5-11-17(16)26(30)23-22(25)19(27-15-8-2-1-3-9-15)14-21-24(23)28-18-12-6-7-13-20(18)31-21/h1-14,27-28H. The number of para-hydroxylation sites is 2. The van der Waals surface area contributed by atoms with Crippen LogP contribution in [0.2, 0.25) is 0 Å². The summed E-state index contributed by atoms with van der Waals surface area (Å²) in [6.45, 7) is 0. The highest BCUT2D eigenvalue weighted by Gasteiger charge is 2.18. The molecule has 4 nitrogen and oxygen atoms in total. The second-order valence-corrected chi connectivity index (χ2v) is 8.55. The second kappa shape index (κ2) is 6.79. The maximum atomic E-state index is 13.6. The normalized spacial score (nSPS) is 11.5. The van der Waals surface area contributed by atoms with E-state index in [0.717, 1.165) is 20.6 Å². The maximum absolute atomic E-state index is 13.6. The van der Waals surface area contributed by atoms with Crippen molar-refractivity contribution in [1.29, 1.82) is 0 Å². The average Bonchev–Trinajstić information content (AvgIpc) is 2.81. The second-order valence-electron chi connectivity index (χ2n) is 7.47. The van der Waals surface area contributed by atoms with Crippen molar-refractivity contribution in [3.8, 4) is 0 Å². The fourth-order valence-corrected chi connectivity index (χ4v) is 5.21. The predicted molar refractivity (Wildman–Crippen MR) is 131 cm³/mol. The van der Waals surface area contributed by atoms with Gasteiger partial charge in [0.25, 0.3) is 0 Å². The van der Waals surface area contributed by atoms with Crippen molar-refractivity contribution in [3.05, 3.63) is 105 Å². The molecule has 0 radical (unpaired) electrons. The zero-order valence-corrected chi connectivity index (χ0v) is 17.1. The fraction of sp³-hybridized carbons (Fsp3) is 0. The molecular formula is C26H16N2O2S. The van der Waals surface area contributed by atoms with Crippen LogP contribution in [0.4, 0.5) is 11.4 Å². The Morgan fingerprint density at radius 3 is 2.10 bits per heavy atom. The number of rotatable bonds is 2. The highest BCUT2D eigenvalue weighted by molar-refractivity contribution is 7.24. The molecule has 1 heterocycles. The molecule has 0 unspecified atom stereocenters. The van der Waals surface area contributed by atoms with Gasteiger partial charge in [0, 0.05) is 16.5 Å². The van der Waals surface area contributed by atoms with Crippen molar-refractivity contribution < 1.29 is 0 Å². The number of nitrogens with one attached hydrogen (secondary N) is 2. The molecule has 0 saturated carbocycles. The van der Waals surface area contributed by atoms with Crippen LogP contribution in [0, 0.1) is 0 Å². The summed E-state index contributed by atoms with van der Waals surface area (Å²) < 4.78 is 1.99. The van der Waals surface area contributed by atoms with Gasteiger partial charge >= 0.3 is 0 Å². The predicted octanol–water partition coefficient (Wildman–Crippen LogP) is 6.15. The molecule has 5 aromatic carbocycles. The maximum Gasteiger partial charge on any atom is 0.196 e. The third-order valence-electron chi connectivity index (χ3n) is 5.58. The largest absolute Gasteiger partial charge is 0.355 e. The van der Waals surface area contributed by atoms with Gasteiger partial charge in [0.2, 0.25) is 0 Å². The van der Waals surface area contributed by atoms with Gasteiger partial charge in [-0.3, -0.25) is 9.59 Å². The van der Waals surface area contributed by atoms with Crippen LogP contribution in [0.25, 0.3) is 42.0 Å². The Bertz CT molecular complexity index is 1750. The molecule has 6 rings (SSSR count).